The van der Waals surface area contributed by atoms with Crippen LogP contribution in [0, 0.1) is 0 Å². The molecule has 74 valence electrons. The maximum atomic E-state index is 11.1. The maximum absolute atomic E-state index is 11.1. The van der Waals surface area contributed by atoms with Gasteiger partial charge in [-0.2, -0.15) is 0 Å². The zero-order chi connectivity index (χ0) is 10.2. The van der Waals surface area contributed by atoms with Gasteiger partial charge in [-0.1, -0.05) is 23.7 Å². The second-order valence-electron chi connectivity index (χ2n) is 3.39. The van der Waals surface area contributed by atoms with Crippen molar-refractivity contribution < 1.29 is 14.6 Å². The van der Waals surface area contributed by atoms with E-state index in [2.05, 4.69) is 0 Å². The Kier molecular flexibility index (Phi) is 2.21. The smallest absolute Gasteiger partial charge is 0.318 e. The third-order valence-electron chi connectivity index (χ3n) is 2.48. The molecule has 2 rings (SSSR count). The van der Waals surface area contributed by atoms with Gasteiger partial charge in [0.25, 0.3) is 0 Å². The molecule has 1 aromatic rings. The van der Waals surface area contributed by atoms with E-state index in [0.717, 1.165) is 0 Å². The number of halogens is 1. The van der Waals surface area contributed by atoms with Crippen LogP contribution in [0.15, 0.2) is 24.3 Å². The Balaban J connectivity index is 2.42. The van der Waals surface area contributed by atoms with E-state index in [-0.39, 0.29) is 13.2 Å². The molecule has 0 saturated carbocycles. The average Bonchev–Trinajstić information content (AvgIpc) is 2.00. The molecule has 0 aromatic heterocycles. The highest BCUT2D eigenvalue weighted by atomic mass is 35.5. The molecule has 1 aliphatic rings. The van der Waals surface area contributed by atoms with Crippen LogP contribution in [0.4, 0.5) is 0 Å². The summed E-state index contributed by atoms with van der Waals surface area (Å²) in [6, 6.07) is 6.92. The molecule has 0 amide bonds. The van der Waals surface area contributed by atoms with Crippen LogP contribution in [-0.4, -0.2) is 24.3 Å². The highest BCUT2D eigenvalue weighted by Gasteiger charge is 2.47. The lowest BCUT2D eigenvalue weighted by Crippen LogP contribution is -2.53. The lowest BCUT2D eigenvalue weighted by molar-refractivity contribution is -0.163. The van der Waals surface area contributed by atoms with E-state index < -0.39 is 11.4 Å². The number of carbonyl (C=O) groups is 1. The fraction of sp³-hybridized carbons (Fsp3) is 0.300. The molecule has 0 spiro atoms. The molecule has 1 fully saturated rings. The molecule has 1 saturated heterocycles. The van der Waals surface area contributed by atoms with Crippen LogP contribution < -0.4 is 0 Å². The number of hydrogen-bond acceptors (Lipinski definition) is 2. The van der Waals surface area contributed by atoms with E-state index in [1.807, 2.05) is 0 Å². The van der Waals surface area contributed by atoms with Crippen molar-refractivity contribution in [3.05, 3.63) is 34.9 Å². The molecule has 1 heterocycles. The van der Waals surface area contributed by atoms with Gasteiger partial charge in [-0.15, -0.1) is 0 Å². The van der Waals surface area contributed by atoms with Crippen LogP contribution in [0.1, 0.15) is 5.56 Å². The Labute approximate surface area is 86.3 Å². The number of benzene rings is 1. The van der Waals surface area contributed by atoms with E-state index >= 15 is 0 Å². The predicted octanol–water partition coefficient (Wildman–Crippen LogP) is 1.69. The summed E-state index contributed by atoms with van der Waals surface area (Å²) in [7, 11) is 0. The van der Waals surface area contributed by atoms with E-state index in [0.29, 0.717) is 10.6 Å². The van der Waals surface area contributed by atoms with Crippen molar-refractivity contribution in [1.29, 1.82) is 0 Å². The summed E-state index contributed by atoms with van der Waals surface area (Å²) in [4.78, 5) is 11.1. The minimum Gasteiger partial charge on any atom is -0.480 e. The van der Waals surface area contributed by atoms with Gasteiger partial charge in [0.1, 0.15) is 5.41 Å². The van der Waals surface area contributed by atoms with E-state index in [9.17, 15) is 4.79 Å². The fourth-order valence-corrected chi connectivity index (χ4v) is 1.70. The summed E-state index contributed by atoms with van der Waals surface area (Å²) in [5, 5.41) is 9.66. The largest absolute Gasteiger partial charge is 0.480 e. The fourth-order valence-electron chi connectivity index (χ4n) is 1.51. The van der Waals surface area contributed by atoms with Crippen LogP contribution >= 0.6 is 11.6 Å². The molecule has 0 radical (unpaired) electrons. The lowest BCUT2D eigenvalue weighted by Gasteiger charge is -2.37. The van der Waals surface area contributed by atoms with Gasteiger partial charge >= 0.3 is 5.97 Å². The van der Waals surface area contributed by atoms with Crippen molar-refractivity contribution >= 4 is 17.6 Å². The number of hydrogen-bond donors (Lipinski definition) is 1. The van der Waals surface area contributed by atoms with Crippen molar-refractivity contribution in [2.24, 2.45) is 0 Å². The summed E-state index contributed by atoms with van der Waals surface area (Å²) in [5.41, 5.74) is -0.172. The maximum Gasteiger partial charge on any atom is 0.318 e. The van der Waals surface area contributed by atoms with Gasteiger partial charge in [-0.3, -0.25) is 4.79 Å². The molecule has 1 aliphatic heterocycles. The van der Waals surface area contributed by atoms with Gasteiger partial charge < -0.3 is 9.84 Å². The van der Waals surface area contributed by atoms with Crippen molar-refractivity contribution in [1.82, 2.24) is 0 Å². The second kappa shape index (κ2) is 3.26. The predicted molar refractivity (Wildman–Crippen MR) is 51.6 cm³/mol. The normalized spacial score (nSPS) is 18.6. The quantitative estimate of drug-likeness (QED) is 0.812. The Hall–Kier alpha value is -1.06. The van der Waals surface area contributed by atoms with Gasteiger partial charge in [0.05, 0.1) is 13.2 Å². The molecule has 4 heteroatoms. The van der Waals surface area contributed by atoms with E-state index in [4.69, 9.17) is 21.4 Å². The Morgan fingerprint density at radius 3 is 2.64 bits per heavy atom. The van der Waals surface area contributed by atoms with Gasteiger partial charge in [0, 0.05) is 5.02 Å². The molecular weight excluding hydrogens is 204 g/mol. The highest BCUT2D eigenvalue weighted by Crippen LogP contribution is 2.33. The van der Waals surface area contributed by atoms with Gasteiger partial charge in [-0.05, 0) is 17.7 Å². The second-order valence-corrected chi connectivity index (χ2v) is 3.83. The molecule has 0 bridgehead atoms. The molecule has 0 aliphatic carbocycles. The summed E-state index contributed by atoms with van der Waals surface area (Å²) in [6.45, 7) is 0.450. The number of ether oxygens (including phenoxy) is 1. The van der Waals surface area contributed by atoms with Gasteiger partial charge in [0.2, 0.25) is 0 Å². The third-order valence-corrected chi connectivity index (χ3v) is 2.72. The first-order chi connectivity index (χ1) is 6.65. The minimum atomic E-state index is -0.884. The SMILES string of the molecule is O=C(O)C1(c2cccc(Cl)c2)COC1. The van der Waals surface area contributed by atoms with Gasteiger partial charge in [-0.25, -0.2) is 0 Å². The van der Waals surface area contributed by atoms with E-state index in [1.165, 1.54) is 0 Å². The first-order valence-electron chi connectivity index (χ1n) is 4.22. The topological polar surface area (TPSA) is 46.5 Å². The lowest BCUT2D eigenvalue weighted by atomic mass is 9.79. The van der Waals surface area contributed by atoms with E-state index in [1.54, 1.807) is 24.3 Å². The average molecular weight is 213 g/mol. The summed E-state index contributed by atoms with van der Waals surface area (Å²) >= 11 is 5.80. The zero-order valence-corrected chi connectivity index (χ0v) is 8.12. The minimum absolute atomic E-state index is 0.225. The summed E-state index contributed by atoms with van der Waals surface area (Å²) in [5.74, 6) is -0.856. The monoisotopic (exact) mass is 212 g/mol. The van der Waals surface area contributed by atoms with Gasteiger partial charge in [0.15, 0.2) is 0 Å². The number of aliphatic carboxylic acids is 1. The number of rotatable bonds is 2. The van der Waals surface area contributed by atoms with Crippen molar-refractivity contribution in [2.75, 3.05) is 13.2 Å². The van der Waals surface area contributed by atoms with Crippen LogP contribution in [0.3, 0.4) is 0 Å². The molecule has 14 heavy (non-hydrogen) atoms. The molecule has 0 atom stereocenters. The molecular formula is C10H9ClO3. The van der Waals surface area contributed by atoms with Crippen LogP contribution in [0.2, 0.25) is 5.02 Å². The van der Waals surface area contributed by atoms with Crippen molar-refractivity contribution in [2.45, 2.75) is 5.41 Å². The Morgan fingerprint density at radius 1 is 1.50 bits per heavy atom. The molecule has 1 N–H and O–H groups in total. The molecule has 3 nitrogen and oxygen atoms in total. The first-order valence-corrected chi connectivity index (χ1v) is 4.60. The molecule has 1 aromatic carbocycles. The van der Waals surface area contributed by atoms with Crippen LogP contribution in [0.25, 0.3) is 0 Å². The van der Waals surface area contributed by atoms with Crippen LogP contribution in [-0.2, 0) is 14.9 Å². The Bertz CT molecular complexity index is 371. The van der Waals surface area contributed by atoms with Crippen molar-refractivity contribution in [3.63, 3.8) is 0 Å². The molecule has 0 unspecified atom stereocenters. The standard InChI is InChI=1S/C10H9ClO3/c11-8-3-1-2-7(4-8)10(9(12)13)5-14-6-10/h1-4H,5-6H2,(H,12,13). The summed E-state index contributed by atoms with van der Waals surface area (Å²) in [6.07, 6.45) is 0. The number of carboxylic acids is 1. The van der Waals surface area contributed by atoms with Crippen molar-refractivity contribution in [3.8, 4) is 0 Å². The first kappa shape index (κ1) is 9.49. The summed E-state index contributed by atoms with van der Waals surface area (Å²) < 4.78 is 4.97. The van der Waals surface area contributed by atoms with Crippen LogP contribution in [0.5, 0.6) is 0 Å². The highest BCUT2D eigenvalue weighted by molar-refractivity contribution is 6.30. The zero-order valence-electron chi connectivity index (χ0n) is 7.37. The third kappa shape index (κ3) is 1.29. The Morgan fingerprint density at radius 2 is 2.21 bits per heavy atom. The number of carboxylic acid groups (broad SMARTS) is 1.